The summed E-state index contributed by atoms with van der Waals surface area (Å²) in [5.41, 5.74) is -1.28. The smallest absolute Gasteiger partial charge is 0.407 e. The summed E-state index contributed by atoms with van der Waals surface area (Å²) in [7, 11) is 0. The number of nitro groups is 1. The predicted molar refractivity (Wildman–Crippen MR) is 84.6 cm³/mol. The number of aliphatic hydroxyl groups excluding tert-OH is 2. The number of carbonyl (C=O) groups excluding carboxylic acids is 1. The first-order valence-electron chi connectivity index (χ1n) is 7.31. The van der Waals surface area contributed by atoms with Gasteiger partial charge in [-0.3, -0.25) is 10.1 Å². The van der Waals surface area contributed by atoms with E-state index in [-0.39, 0.29) is 24.3 Å². The van der Waals surface area contributed by atoms with Crippen molar-refractivity contribution >= 4 is 11.8 Å². The molecule has 9 heteroatoms. The molecule has 0 aromatic heterocycles. The topological polar surface area (TPSA) is 142 Å². The molecule has 2 atom stereocenters. The first-order chi connectivity index (χ1) is 11.0. The lowest BCUT2D eigenvalue weighted by molar-refractivity contribution is -0.386. The molecule has 0 aliphatic heterocycles. The summed E-state index contributed by atoms with van der Waals surface area (Å²) in [6.45, 7) is 5.12. The molecule has 0 bridgehead atoms. The molecule has 9 nitrogen and oxygen atoms in total. The SMILES string of the molecule is CC(C)(C)OC(=O)NCCC(O)C(O)c1ccc(O)cc1[N+](=O)[O-]. The second-order valence-corrected chi connectivity index (χ2v) is 6.23. The molecule has 0 saturated heterocycles. The van der Waals surface area contributed by atoms with Gasteiger partial charge in [0.05, 0.1) is 22.7 Å². The average Bonchev–Trinajstić information content (AvgIpc) is 2.44. The van der Waals surface area contributed by atoms with Crippen LogP contribution in [0, 0.1) is 10.1 Å². The normalized spacial score (nSPS) is 13.9. The van der Waals surface area contributed by atoms with E-state index < -0.39 is 34.5 Å². The molecule has 134 valence electrons. The van der Waals surface area contributed by atoms with Crippen LogP contribution in [0.5, 0.6) is 5.75 Å². The molecule has 0 aliphatic rings. The van der Waals surface area contributed by atoms with Gasteiger partial charge in [0.15, 0.2) is 0 Å². The summed E-state index contributed by atoms with van der Waals surface area (Å²) in [5.74, 6) is -0.321. The maximum Gasteiger partial charge on any atom is 0.407 e. The lowest BCUT2D eigenvalue weighted by Gasteiger charge is -2.21. The Balaban J connectivity index is 2.64. The number of phenols is 1. The van der Waals surface area contributed by atoms with E-state index in [1.54, 1.807) is 20.8 Å². The largest absolute Gasteiger partial charge is 0.508 e. The Morgan fingerprint density at radius 2 is 2.00 bits per heavy atom. The third-order valence-electron chi connectivity index (χ3n) is 3.00. The first kappa shape index (κ1) is 19.7. The summed E-state index contributed by atoms with van der Waals surface area (Å²) in [5, 5.41) is 42.7. The fourth-order valence-corrected chi connectivity index (χ4v) is 1.94. The highest BCUT2D eigenvalue weighted by molar-refractivity contribution is 5.67. The number of carbonyl (C=O) groups is 1. The zero-order valence-electron chi connectivity index (χ0n) is 13.7. The number of nitrogens with zero attached hydrogens (tertiary/aromatic N) is 1. The fraction of sp³-hybridized carbons (Fsp3) is 0.533. The summed E-state index contributed by atoms with van der Waals surface area (Å²) in [4.78, 5) is 21.7. The highest BCUT2D eigenvalue weighted by Gasteiger charge is 2.27. The number of benzene rings is 1. The van der Waals surface area contributed by atoms with E-state index in [2.05, 4.69) is 5.32 Å². The Morgan fingerprint density at radius 3 is 2.54 bits per heavy atom. The van der Waals surface area contributed by atoms with Crippen LogP contribution in [-0.2, 0) is 4.74 Å². The maximum atomic E-state index is 11.5. The van der Waals surface area contributed by atoms with Crippen molar-refractivity contribution in [1.29, 1.82) is 0 Å². The number of nitrogens with one attached hydrogen (secondary N) is 1. The van der Waals surface area contributed by atoms with Gasteiger partial charge < -0.3 is 25.4 Å². The number of rotatable bonds is 6. The van der Waals surface area contributed by atoms with Gasteiger partial charge in [0, 0.05) is 6.54 Å². The third kappa shape index (κ3) is 6.01. The van der Waals surface area contributed by atoms with Crippen LogP contribution in [0.25, 0.3) is 0 Å². The molecule has 4 N–H and O–H groups in total. The molecule has 0 fully saturated rings. The number of alkyl carbamates (subject to hydrolysis) is 1. The Kier molecular flexibility index (Phi) is 6.50. The fourth-order valence-electron chi connectivity index (χ4n) is 1.94. The van der Waals surface area contributed by atoms with Gasteiger partial charge in [-0.05, 0) is 39.3 Å². The van der Waals surface area contributed by atoms with Crippen molar-refractivity contribution in [3.8, 4) is 5.75 Å². The Hall–Kier alpha value is -2.39. The van der Waals surface area contributed by atoms with E-state index in [4.69, 9.17) is 4.74 Å². The minimum atomic E-state index is -1.54. The quantitative estimate of drug-likeness (QED) is 0.454. The maximum absolute atomic E-state index is 11.5. The van der Waals surface area contributed by atoms with Gasteiger partial charge in [0.25, 0.3) is 5.69 Å². The van der Waals surface area contributed by atoms with Crippen LogP contribution >= 0.6 is 0 Å². The van der Waals surface area contributed by atoms with Crippen molar-refractivity contribution in [3.63, 3.8) is 0 Å². The molecule has 0 saturated carbocycles. The van der Waals surface area contributed by atoms with Gasteiger partial charge in [-0.2, -0.15) is 0 Å². The number of hydrogen-bond acceptors (Lipinski definition) is 7. The van der Waals surface area contributed by atoms with Crippen molar-refractivity contribution in [1.82, 2.24) is 5.32 Å². The molecule has 0 heterocycles. The highest BCUT2D eigenvalue weighted by atomic mass is 16.6. The van der Waals surface area contributed by atoms with Crippen molar-refractivity contribution in [2.45, 2.75) is 45.0 Å². The van der Waals surface area contributed by atoms with Crippen LogP contribution in [0.3, 0.4) is 0 Å². The van der Waals surface area contributed by atoms with Crippen molar-refractivity contribution < 1.29 is 29.8 Å². The number of amides is 1. The molecule has 0 aliphatic carbocycles. The summed E-state index contributed by atoms with van der Waals surface area (Å²) < 4.78 is 5.02. The number of ether oxygens (including phenoxy) is 1. The monoisotopic (exact) mass is 342 g/mol. The molecule has 1 amide bonds. The van der Waals surface area contributed by atoms with Crippen molar-refractivity contribution in [3.05, 3.63) is 33.9 Å². The minimum absolute atomic E-state index is 0.0129. The minimum Gasteiger partial charge on any atom is -0.508 e. The summed E-state index contributed by atoms with van der Waals surface area (Å²) in [6, 6.07) is 3.24. The van der Waals surface area contributed by atoms with Crippen LogP contribution in [-0.4, -0.2) is 44.6 Å². The van der Waals surface area contributed by atoms with E-state index in [0.29, 0.717) is 0 Å². The second-order valence-electron chi connectivity index (χ2n) is 6.23. The lowest BCUT2D eigenvalue weighted by atomic mass is 10.00. The first-order valence-corrected chi connectivity index (χ1v) is 7.31. The van der Waals surface area contributed by atoms with Crippen LogP contribution in [0.1, 0.15) is 38.9 Å². The van der Waals surface area contributed by atoms with Crippen LogP contribution in [0.15, 0.2) is 18.2 Å². The zero-order valence-corrected chi connectivity index (χ0v) is 13.7. The van der Waals surface area contributed by atoms with E-state index >= 15 is 0 Å². The number of nitro benzene ring substituents is 1. The van der Waals surface area contributed by atoms with E-state index in [1.165, 1.54) is 12.1 Å². The number of aromatic hydroxyl groups is 1. The Morgan fingerprint density at radius 1 is 1.38 bits per heavy atom. The standard InChI is InChI=1S/C15H22N2O7/c1-15(2,3)24-14(21)16-7-6-12(19)13(20)10-5-4-9(18)8-11(10)17(22)23/h4-5,8,12-13,18-20H,6-7H2,1-3H3,(H,16,21). The van der Waals surface area contributed by atoms with E-state index in [1.807, 2.05) is 0 Å². The van der Waals surface area contributed by atoms with E-state index in [9.17, 15) is 30.2 Å². The summed E-state index contributed by atoms with van der Waals surface area (Å²) >= 11 is 0. The molecular weight excluding hydrogens is 320 g/mol. The van der Waals surface area contributed by atoms with Gasteiger partial charge in [0.2, 0.25) is 0 Å². The average molecular weight is 342 g/mol. The number of hydrogen-bond donors (Lipinski definition) is 4. The van der Waals surface area contributed by atoms with Crippen LogP contribution in [0.2, 0.25) is 0 Å². The molecule has 1 aromatic rings. The summed E-state index contributed by atoms with van der Waals surface area (Å²) in [6.07, 6.45) is -3.59. The Bertz CT molecular complexity index is 598. The van der Waals surface area contributed by atoms with Gasteiger partial charge >= 0.3 is 6.09 Å². The van der Waals surface area contributed by atoms with Crippen LogP contribution < -0.4 is 5.32 Å². The lowest BCUT2D eigenvalue weighted by Crippen LogP contribution is -2.34. The zero-order chi connectivity index (χ0) is 18.5. The molecule has 1 rings (SSSR count). The van der Waals surface area contributed by atoms with Gasteiger partial charge in [-0.15, -0.1) is 0 Å². The number of phenolic OH excluding ortho intramolecular Hbond substituents is 1. The van der Waals surface area contributed by atoms with Gasteiger partial charge in [0.1, 0.15) is 17.5 Å². The van der Waals surface area contributed by atoms with Gasteiger partial charge in [-0.1, -0.05) is 0 Å². The second kappa shape index (κ2) is 7.93. The van der Waals surface area contributed by atoms with Crippen molar-refractivity contribution in [2.24, 2.45) is 0 Å². The van der Waals surface area contributed by atoms with Gasteiger partial charge in [-0.25, -0.2) is 4.79 Å². The molecule has 2 unspecified atom stereocenters. The molecule has 0 radical (unpaired) electrons. The van der Waals surface area contributed by atoms with Crippen molar-refractivity contribution in [2.75, 3.05) is 6.54 Å². The third-order valence-corrected chi connectivity index (χ3v) is 3.00. The van der Waals surface area contributed by atoms with E-state index in [0.717, 1.165) is 6.07 Å². The van der Waals surface area contributed by atoms with Crippen LogP contribution in [0.4, 0.5) is 10.5 Å². The molecule has 0 spiro atoms. The predicted octanol–water partition coefficient (Wildman–Crippen LogP) is 1.61. The molecular formula is C15H22N2O7. The molecule has 1 aromatic carbocycles. The Labute approximate surface area is 139 Å². The molecule has 24 heavy (non-hydrogen) atoms. The highest BCUT2D eigenvalue weighted by Crippen LogP contribution is 2.31. The number of aliphatic hydroxyl groups is 2.